The summed E-state index contributed by atoms with van der Waals surface area (Å²) in [6.45, 7) is 2.04. The van der Waals surface area contributed by atoms with Crippen LogP contribution in [-0.4, -0.2) is 17.4 Å². The van der Waals surface area contributed by atoms with Crippen LogP contribution in [0, 0.1) is 0 Å². The number of benzene rings is 3. The molecule has 0 aliphatic heterocycles. The van der Waals surface area contributed by atoms with Crippen molar-refractivity contribution in [3.8, 4) is 0 Å². The molecule has 0 atom stereocenters. The highest BCUT2D eigenvalue weighted by atomic mass is 79.9. The van der Waals surface area contributed by atoms with Crippen LogP contribution in [0.2, 0.25) is 5.02 Å². The highest BCUT2D eigenvalue weighted by Gasteiger charge is 2.19. The molecular weight excluding hydrogens is 458 g/mol. The van der Waals surface area contributed by atoms with Gasteiger partial charge in [-0.1, -0.05) is 58.7 Å². The summed E-state index contributed by atoms with van der Waals surface area (Å²) in [7, 11) is 0. The second-order valence-electron chi connectivity index (χ2n) is 5.88. The summed E-state index contributed by atoms with van der Waals surface area (Å²) in [4.78, 5) is 26.9. The van der Waals surface area contributed by atoms with Gasteiger partial charge in [0.1, 0.15) is 0 Å². The lowest BCUT2D eigenvalue weighted by atomic mass is 10.0. The maximum Gasteiger partial charge on any atom is 0.256 e. The van der Waals surface area contributed by atoms with Crippen LogP contribution in [0.1, 0.15) is 33.2 Å². The maximum atomic E-state index is 13.1. The van der Waals surface area contributed by atoms with Gasteiger partial charge in [-0.2, -0.15) is 0 Å². The molecular formula is C22H17BrClNO2S. The fraction of sp³-hybridized carbons (Fsp3) is 0.0909. The zero-order valence-corrected chi connectivity index (χ0v) is 18.2. The average molecular weight is 475 g/mol. The second-order valence-corrected chi connectivity index (χ2v) is 8.51. The molecule has 1 amide bonds. The number of carbonyl (C=O) groups is 2. The van der Waals surface area contributed by atoms with E-state index in [1.54, 1.807) is 60.3 Å². The molecule has 3 aromatic carbocycles. The lowest BCUT2D eigenvalue weighted by Crippen LogP contribution is -2.16. The van der Waals surface area contributed by atoms with E-state index in [0.717, 1.165) is 15.1 Å². The highest BCUT2D eigenvalue weighted by Crippen LogP contribution is 2.28. The molecule has 3 aromatic rings. The minimum absolute atomic E-state index is 0.251. The van der Waals surface area contributed by atoms with Crippen LogP contribution in [0.25, 0.3) is 0 Å². The van der Waals surface area contributed by atoms with E-state index in [2.05, 4.69) is 21.2 Å². The Labute approximate surface area is 181 Å². The molecule has 0 aliphatic rings. The van der Waals surface area contributed by atoms with E-state index in [9.17, 15) is 9.59 Å². The van der Waals surface area contributed by atoms with Gasteiger partial charge in [-0.3, -0.25) is 9.59 Å². The molecule has 3 rings (SSSR count). The highest BCUT2D eigenvalue weighted by molar-refractivity contribution is 9.10. The molecule has 0 spiro atoms. The summed E-state index contributed by atoms with van der Waals surface area (Å²) in [6, 6.07) is 19.5. The summed E-state index contributed by atoms with van der Waals surface area (Å²) >= 11 is 11.2. The van der Waals surface area contributed by atoms with E-state index < -0.39 is 0 Å². The van der Waals surface area contributed by atoms with Crippen LogP contribution in [0.5, 0.6) is 0 Å². The maximum absolute atomic E-state index is 13.1. The van der Waals surface area contributed by atoms with Gasteiger partial charge < -0.3 is 5.32 Å². The molecule has 0 unspecified atom stereocenters. The second kappa shape index (κ2) is 9.41. The van der Waals surface area contributed by atoms with Gasteiger partial charge in [0, 0.05) is 20.5 Å². The number of thioether (sulfide) groups is 1. The van der Waals surface area contributed by atoms with Gasteiger partial charge in [0.2, 0.25) is 0 Å². The predicted octanol–water partition coefficient (Wildman–Crippen LogP) is 6.70. The Morgan fingerprint density at radius 2 is 1.64 bits per heavy atom. The summed E-state index contributed by atoms with van der Waals surface area (Å²) in [5.41, 5.74) is 1.78. The van der Waals surface area contributed by atoms with E-state index in [4.69, 9.17) is 11.6 Å². The van der Waals surface area contributed by atoms with Crippen molar-refractivity contribution < 1.29 is 9.59 Å². The lowest BCUT2D eigenvalue weighted by molar-refractivity contribution is 0.102. The van der Waals surface area contributed by atoms with Crippen molar-refractivity contribution in [3.05, 3.63) is 92.9 Å². The summed E-state index contributed by atoms with van der Waals surface area (Å²) in [5.74, 6) is 0.351. The molecule has 0 saturated carbocycles. The number of nitrogens with one attached hydrogen (secondary N) is 1. The van der Waals surface area contributed by atoms with Crippen molar-refractivity contribution in [2.75, 3.05) is 11.1 Å². The number of rotatable bonds is 6. The van der Waals surface area contributed by atoms with Gasteiger partial charge in [0.25, 0.3) is 5.91 Å². The largest absolute Gasteiger partial charge is 0.321 e. The molecule has 28 heavy (non-hydrogen) atoms. The summed E-state index contributed by atoms with van der Waals surface area (Å²) in [5, 5.41) is 3.26. The van der Waals surface area contributed by atoms with E-state index >= 15 is 0 Å². The Morgan fingerprint density at radius 3 is 2.36 bits per heavy atom. The first kappa shape index (κ1) is 20.6. The molecule has 0 saturated heterocycles. The van der Waals surface area contributed by atoms with Gasteiger partial charge in [0.15, 0.2) is 5.78 Å². The minimum Gasteiger partial charge on any atom is -0.321 e. The number of hydrogen-bond acceptors (Lipinski definition) is 3. The van der Waals surface area contributed by atoms with Crippen LogP contribution >= 0.6 is 39.3 Å². The zero-order chi connectivity index (χ0) is 20.1. The van der Waals surface area contributed by atoms with Gasteiger partial charge in [-0.25, -0.2) is 0 Å². The standard InChI is InChI=1S/C22H17BrClNO2S/c1-2-28-20-10-6-4-8-16(20)22(27)25-19-12-11-14(23)13-17(19)21(26)15-7-3-5-9-18(15)24/h3-13H,2H2,1H3,(H,25,27). The normalized spacial score (nSPS) is 10.5. The van der Waals surface area contributed by atoms with Crippen LogP contribution in [-0.2, 0) is 0 Å². The number of halogens is 2. The molecule has 0 radical (unpaired) electrons. The third kappa shape index (κ3) is 4.66. The number of carbonyl (C=O) groups excluding carboxylic acids is 2. The lowest BCUT2D eigenvalue weighted by Gasteiger charge is -2.13. The molecule has 0 aromatic heterocycles. The van der Waals surface area contributed by atoms with Crippen molar-refractivity contribution in [3.63, 3.8) is 0 Å². The topological polar surface area (TPSA) is 46.2 Å². The number of amides is 1. The van der Waals surface area contributed by atoms with E-state index in [1.165, 1.54) is 0 Å². The Hall–Kier alpha value is -2.08. The van der Waals surface area contributed by atoms with Gasteiger partial charge in [-0.05, 0) is 48.2 Å². The fourth-order valence-corrected chi connectivity index (χ4v) is 4.11. The quantitative estimate of drug-likeness (QED) is 0.319. The number of anilines is 1. The smallest absolute Gasteiger partial charge is 0.256 e. The van der Waals surface area contributed by atoms with Crippen molar-refractivity contribution in [1.29, 1.82) is 0 Å². The van der Waals surface area contributed by atoms with Crippen LogP contribution < -0.4 is 5.32 Å². The first-order chi connectivity index (χ1) is 13.5. The van der Waals surface area contributed by atoms with Crippen molar-refractivity contribution in [2.45, 2.75) is 11.8 Å². The van der Waals surface area contributed by atoms with E-state index in [0.29, 0.717) is 27.4 Å². The molecule has 3 nitrogen and oxygen atoms in total. The Bertz CT molecular complexity index is 1040. The first-order valence-electron chi connectivity index (χ1n) is 8.63. The fourth-order valence-electron chi connectivity index (χ4n) is 2.73. The van der Waals surface area contributed by atoms with Crippen LogP contribution in [0.4, 0.5) is 5.69 Å². The first-order valence-corrected chi connectivity index (χ1v) is 10.8. The van der Waals surface area contributed by atoms with Crippen molar-refractivity contribution in [1.82, 2.24) is 0 Å². The molecule has 0 heterocycles. The molecule has 0 fully saturated rings. The Morgan fingerprint density at radius 1 is 0.964 bits per heavy atom. The van der Waals surface area contributed by atoms with Crippen LogP contribution in [0.3, 0.4) is 0 Å². The van der Waals surface area contributed by atoms with E-state index in [-0.39, 0.29) is 11.7 Å². The Balaban J connectivity index is 1.97. The molecule has 0 aliphatic carbocycles. The SMILES string of the molecule is CCSc1ccccc1C(=O)Nc1ccc(Br)cc1C(=O)c1ccccc1Cl. The summed E-state index contributed by atoms with van der Waals surface area (Å²) < 4.78 is 0.739. The Kier molecular flexibility index (Phi) is 6.94. The predicted molar refractivity (Wildman–Crippen MR) is 120 cm³/mol. The van der Waals surface area contributed by atoms with Crippen molar-refractivity contribution in [2.24, 2.45) is 0 Å². The van der Waals surface area contributed by atoms with Gasteiger partial charge in [-0.15, -0.1) is 11.8 Å². The average Bonchev–Trinajstić information content (AvgIpc) is 2.70. The number of ketones is 1. The molecule has 0 bridgehead atoms. The molecule has 6 heteroatoms. The minimum atomic E-state index is -0.257. The third-order valence-corrected chi connectivity index (χ3v) is 5.80. The van der Waals surface area contributed by atoms with Crippen LogP contribution in [0.15, 0.2) is 76.1 Å². The molecule has 142 valence electrons. The monoisotopic (exact) mass is 473 g/mol. The number of hydrogen-bond donors (Lipinski definition) is 1. The zero-order valence-electron chi connectivity index (χ0n) is 15.0. The molecule has 1 N–H and O–H groups in total. The third-order valence-electron chi connectivity index (χ3n) is 4.02. The van der Waals surface area contributed by atoms with Crippen molar-refractivity contribution >= 4 is 56.7 Å². The van der Waals surface area contributed by atoms with E-state index in [1.807, 2.05) is 25.1 Å². The summed E-state index contributed by atoms with van der Waals surface area (Å²) in [6.07, 6.45) is 0. The van der Waals surface area contributed by atoms with Gasteiger partial charge in [0.05, 0.1) is 16.3 Å². The van der Waals surface area contributed by atoms with Gasteiger partial charge >= 0.3 is 0 Å².